The van der Waals surface area contributed by atoms with Crippen molar-refractivity contribution in [3.63, 3.8) is 0 Å². The van der Waals surface area contributed by atoms with E-state index in [0.29, 0.717) is 25.0 Å². The fourth-order valence-electron chi connectivity index (χ4n) is 2.82. The third-order valence-electron chi connectivity index (χ3n) is 3.91. The highest BCUT2D eigenvalue weighted by atomic mass is 19.4. The van der Waals surface area contributed by atoms with Gasteiger partial charge in [-0.05, 0) is 39.0 Å². The van der Waals surface area contributed by atoms with Crippen LogP contribution in [-0.2, 0) is 6.18 Å². The van der Waals surface area contributed by atoms with E-state index in [4.69, 9.17) is 4.74 Å². The van der Waals surface area contributed by atoms with E-state index in [0.717, 1.165) is 6.07 Å². The van der Waals surface area contributed by atoms with Gasteiger partial charge in [0.2, 0.25) is 0 Å². The molecule has 0 radical (unpaired) electrons. The molecule has 134 valence electrons. The van der Waals surface area contributed by atoms with E-state index in [2.05, 4.69) is 0 Å². The van der Waals surface area contributed by atoms with Crippen LogP contribution in [0.3, 0.4) is 0 Å². The average molecular weight is 349 g/mol. The van der Waals surface area contributed by atoms with Crippen LogP contribution in [0.5, 0.6) is 5.75 Å². The minimum absolute atomic E-state index is 0.0789. The maximum Gasteiger partial charge on any atom is 0.419 e. The Morgan fingerprint density at radius 1 is 1.25 bits per heavy atom. The first-order valence-electron chi connectivity index (χ1n) is 7.45. The number of hydrogen-bond donors (Lipinski definition) is 1. The van der Waals surface area contributed by atoms with Crippen LogP contribution in [0.1, 0.15) is 39.2 Å². The number of amides is 1. The predicted octanol–water partition coefficient (Wildman–Crippen LogP) is 4.53. The largest absolute Gasteiger partial charge is 0.490 e. The molecule has 0 heterocycles. The van der Waals surface area contributed by atoms with E-state index >= 15 is 0 Å². The van der Waals surface area contributed by atoms with Gasteiger partial charge in [-0.3, -0.25) is 0 Å². The number of hydrogen-bond acceptors (Lipinski definition) is 2. The Morgan fingerprint density at radius 3 is 2.29 bits per heavy atom. The van der Waals surface area contributed by atoms with E-state index in [9.17, 15) is 27.5 Å². The van der Waals surface area contributed by atoms with E-state index in [1.807, 2.05) is 0 Å². The summed E-state index contributed by atoms with van der Waals surface area (Å²) >= 11 is 0. The zero-order valence-corrected chi connectivity index (χ0v) is 13.5. The normalized spacial score (nSPS) is 21.1. The maximum atomic E-state index is 13.2. The van der Waals surface area contributed by atoms with Gasteiger partial charge in [0.15, 0.2) is 0 Å². The number of halogens is 4. The van der Waals surface area contributed by atoms with Gasteiger partial charge in [-0.1, -0.05) is 0 Å². The first-order valence-corrected chi connectivity index (χ1v) is 7.45. The molecule has 1 aliphatic rings. The molecule has 0 aliphatic heterocycles. The number of alkyl halides is 3. The van der Waals surface area contributed by atoms with Crippen LogP contribution in [0.25, 0.3) is 0 Å². The fourth-order valence-corrected chi connectivity index (χ4v) is 2.82. The fraction of sp³-hybridized carbons (Fsp3) is 0.562. The smallest absolute Gasteiger partial charge is 0.419 e. The lowest BCUT2D eigenvalue weighted by molar-refractivity contribution is -0.140. The van der Waals surface area contributed by atoms with Crippen molar-refractivity contribution in [3.05, 3.63) is 29.6 Å². The summed E-state index contributed by atoms with van der Waals surface area (Å²) in [4.78, 5) is 12.7. The van der Waals surface area contributed by atoms with Crippen molar-refractivity contribution in [2.24, 2.45) is 0 Å². The Labute approximate surface area is 137 Å². The van der Waals surface area contributed by atoms with Gasteiger partial charge in [0, 0.05) is 24.4 Å². The van der Waals surface area contributed by atoms with Crippen LogP contribution in [-0.4, -0.2) is 33.8 Å². The van der Waals surface area contributed by atoms with E-state index in [-0.39, 0.29) is 11.8 Å². The van der Waals surface area contributed by atoms with Crippen molar-refractivity contribution < 1.29 is 32.2 Å². The summed E-state index contributed by atoms with van der Waals surface area (Å²) in [6.07, 6.45) is -5.49. The molecule has 0 atom stereocenters. The van der Waals surface area contributed by atoms with Gasteiger partial charge in [0.25, 0.3) is 0 Å². The molecule has 8 heteroatoms. The number of carboxylic acid groups (broad SMARTS) is 1. The molecular formula is C16H19F4NO3. The van der Waals surface area contributed by atoms with Crippen LogP contribution in [0.2, 0.25) is 0 Å². The van der Waals surface area contributed by atoms with Gasteiger partial charge in [0.1, 0.15) is 17.7 Å². The minimum Gasteiger partial charge on any atom is -0.490 e. The highest BCUT2D eigenvalue weighted by Gasteiger charge is 2.42. The molecule has 1 saturated carbocycles. The number of benzene rings is 1. The summed E-state index contributed by atoms with van der Waals surface area (Å²) in [5, 5.41) is 9.30. The molecule has 2 rings (SSSR count). The first kappa shape index (κ1) is 18.4. The SMILES string of the molecule is CC(C)(C)N(C(=O)O)[C@H]1C[C@H](Oc2ccc(F)c(C(F)(F)F)c2)C1. The average Bonchev–Trinajstić information content (AvgIpc) is 2.34. The summed E-state index contributed by atoms with van der Waals surface area (Å²) in [5.41, 5.74) is -1.96. The third-order valence-corrected chi connectivity index (χ3v) is 3.91. The maximum absolute atomic E-state index is 13.2. The lowest BCUT2D eigenvalue weighted by Crippen LogP contribution is -2.58. The van der Waals surface area contributed by atoms with Gasteiger partial charge in [-0.2, -0.15) is 13.2 Å². The number of carbonyl (C=O) groups is 1. The summed E-state index contributed by atoms with van der Waals surface area (Å²) in [7, 11) is 0. The van der Waals surface area contributed by atoms with Gasteiger partial charge < -0.3 is 14.7 Å². The molecule has 24 heavy (non-hydrogen) atoms. The highest BCUT2D eigenvalue weighted by molar-refractivity contribution is 5.66. The van der Waals surface area contributed by atoms with Crippen LogP contribution >= 0.6 is 0 Å². The number of rotatable bonds is 3. The van der Waals surface area contributed by atoms with Crippen molar-refractivity contribution in [2.75, 3.05) is 0 Å². The molecule has 1 amide bonds. The van der Waals surface area contributed by atoms with Crippen molar-refractivity contribution in [2.45, 2.75) is 57.5 Å². The van der Waals surface area contributed by atoms with Gasteiger partial charge in [-0.15, -0.1) is 0 Å². The third kappa shape index (κ3) is 3.91. The zero-order chi connectivity index (χ0) is 18.3. The zero-order valence-electron chi connectivity index (χ0n) is 13.5. The summed E-state index contributed by atoms with van der Waals surface area (Å²) < 4.78 is 56.7. The molecule has 0 unspecified atom stereocenters. The molecule has 1 aromatic rings. The van der Waals surface area contributed by atoms with Crippen molar-refractivity contribution in [3.8, 4) is 5.75 Å². The quantitative estimate of drug-likeness (QED) is 0.816. The Morgan fingerprint density at radius 2 is 1.83 bits per heavy atom. The van der Waals surface area contributed by atoms with E-state index in [1.54, 1.807) is 20.8 Å². The second-order valence-corrected chi connectivity index (χ2v) is 6.83. The summed E-state index contributed by atoms with van der Waals surface area (Å²) in [5.74, 6) is -1.43. The van der Waals surface area contributed by atoms with Crippen LogP contribution in [0.4, 0.5) is 22.4 Å². The molecule has 1 fully saturated rings. The summed E-state index contributed by atoms with van der Waals surface area (Å²) in [6, 6.07) is 2.22. The molecule has 4 nitrogen and oxygen atoms in total. The van der Waals surface area contributed by atoms with Crippen molar-refractivity contribution in [1.82, 2.24) is 4.90 Å². The minimum atomic E-state index is -4.79. The van der Waals surface area contributed by atoms with Crippen molar-refractivity contribution in [1.29, 1.82) is 0 Å². The van der Waals surface area contributed by atoms with Gasteiger partial charge in [0.05, 0.1) is 5.56 Å². The Hall–Kier alpha value is -1.99. The van der Waals surface area contributed by atoms with Gasteiger partial charge in [-0.25, -0.2) is 9.18 Å². The molecule has 1 N–H and O–H groups in total. The second-order valence-electron chi connectivity index (χ2n) is 6.83. The lowest BCUT2D eigenvalue weighted by Gasteiger charge is -2.47. The highest BCUT2D eigenvalue weighted by Crippen LogP contribution is 2.37. The Balaban J connectivity index is 2.02. The van der Waals surface area contributed by atoms with E-state index in [1.165, 1.54) is 4.90 Å². The van der Waals surface area contributed by atoms with E-state index < -0.39 is 35.3 Å². The monoisotopic (exact) mass is 349 g/mol. The van der Waals surface area contributed by atoms with Gasteiger partial charge >= 0.3 is 12.3 Å². The van der Waals surface area contributed by atoms with Crippen LogP contribution in [0, 0.1) is 5.82 Å². The number of ether oxygens (including phenoxy) is 1. The second kappa shape index (κ2) is 6.14. The topological polar surface area (TPSA) is 49.8 Å². The molecule has 1 aliphatic carbocycles. The Kier molecular flexibility index (Phi) is 4.70. The lowest BCUT2D eigenvalue weighted by atomic mass is 9.85. The predicted molar refractivity (Wildman–Crippen MR) is 78.5 cm³/mol. The van der Waals surface area contributed by atoms with Crippen LogP contribution in [0.15, 0.2) is 18.2 Å². The molecule has 1 aromatic carbocycles. The standard InChI is InChI=1S/C16H19F4NO3/c1-15(2,3)21(14(22)23)9-6-11(7-9)24-10-4-5-13(17)12(8-10)16(18,19)20/h4-5,8-9,11H,6-7H2,1-3H3,(H,22,23)/t9-,11-. The first-order chi connectivity index (χ1) is 10.9. The van der Waals surface area contributed by atoms with Crippen LogP contribution < -0.4 is 4.74 Å². The molecule has 0 saturated heterocycles. The molecular weight excluding hydrogens is 330 g/mol. The summed E-state index contributed by atoms with van der Waals surface area (Å²) in [6.45, 7) is 5.31. The molecule has 0 bridgehead atoms. The molecule has 0 spiro atoms. The number of nitrogens with zero attached hydrogens (tertiary/aromatic N) is 1. The van der Waals surface area contributed by atoms with Crippen molar-refractivity contribution >= 4 is 6.09 Å². The Bertz CT molecular complexity index is 619. The molecule has 0 aromatic heterocycles.